The number of carbonyl (C=O) groups is 2. The van der Waals surface area contributed by atoms with Crippen LogP contribution in [-0.2, 0) is 5.41 Å². The summed E-state index contributed by atoms with van der Waals surface area (Å²) in [6.07, 6.45) is 3.33. The van der Waals surface area contributed by atoms with Crippen molar-refractivity contribution in [2.24, 2.45) is 0 Å². The maximum atomic E-state index is 13.2. The van der Waals surface area contributed by atoms with E-state index in [1.807, 2.05) is 18.2 Å². The first kappa shape index (κ1) is 20.0. The molecule has 1 unspecified atom stereocenters. The second kappa shape index (κ2) is 7.82. The number of carbonyl (C=O) groups excluding carboxylic acids is 2. The fourth-order valence-corrected chi connectivity index (χ4v) is 4.23. The largest absolute Gasteiger partial charge is 0.459 e. The highest BCUT2D eigenvalue weighted by Crippen LogP contribution is 2.41. The van der Waals surface area contributed by atoms with Gasteiger partial charge in [0.2, 0.25) is 0 Å². The van der Waals surface area contributed by atoms with Gasteiger partial charge < -0.3 is 14.6 Å². The standard InChI is InChI=1S/C25H26N2O3/c1-25(2)15-14-20(17-9-4-6-11-19(17)25)26-23(28)18-10-5-7-12-21(18)27(3)24(29)22-13-8-16-30-22/h4-13,16,20H,14-15H2,1-3H3,(H,26,28). The molecule has 0 radical (unpaired) electrons. The third-order valence-electron chi connectivity index (χ3n) is 5.98. The van der Waals surface area contributed by atoms with Crippen LogP contribution in [0.1, 0.15) is 64.8 Å². The summed E-state index contributed by atoms with van der Waals surface area (Å²) in [5.41, 5.74) is 3.54. The van der Waals surface area contributed by atoms with Crippen LogP contribution in [0.15, 0.2) is 71.3 Å². The Labute approximate surface area is 176 Å². The summed E-state index contributed by atoms with van der Waals surface area (Å²) < 4.78 is 5.23. The molecule has 2 aromatic carbocycles. The van der Waals surface area contributed by atoms with Gasteiger partial charge in [-0.1, -0.05) is 50.2 Å². The molecule has 5 heteroatoms. The molecular formula is C25H26N2O3. The Morgan fingerprint density at radius 1 is 1.03 bits per heavy atom. The zero-order chi connectivity index (χ0) is 21.3. The molecule has 0 saturated heterocycles. The lowest BCUT2D eigenvalue weighted by molar-refractivity contribution is 0.0930. The van der Waals surface area contributed by atoms with Gasteiger partial charge in [-0.15, -0.1) is 0 Å². The quantitative estimate of drug-likeness (QED) is 0.660. The van der Waals surface area contributed by atoms with Crippen molar-refractivity contribution in [1.29, 1.82) is 0 Å². The van der Waals surface area contributed by atoms with Crippen molar-refractivity contribution in [3.05, 3.63) is 89.4 Å². The normalized spacial score (nSPS) is 17.1. The number of furan rings is 1. The first-order valence-corrected chi connectivity index (χ1v) is 10.2. The van der Waals surface area contributed by atoms with E-state index in [1.165, 1.54) is 22.3 Å². The van der Waals surface area contributed by atoms with Gasteiger partial charge in [-0.05, 0) is 53.6 Å². The molecule has 0 saturated carbocycles. The second-order valence-corrected chi connectivity index (χ2v) is 8.39. The minimum atomic E-state index is -0.301. The number of benzene rings is 2. The average molecular weight is 402 g/mol. The number of amides is 2. The van der Waals surface area contributed by atoms with Gasteiger partial charge in [0, 0.05) is 7.05 Å². The molecule has 1 aromatic heterocycles. The van der Waals surface area contributed by atoms with Crippen LogP contribution in [-0.4, -0.2) is 18.9 Å². The maximum Gasteiger partial charge on any atom is 0.293 e. The lowest BCUT2D eigenvalue weighted by Crippen LogP contribution is -2.36. The Morgan fingerprint density at radius 3 is 2.53 bits per heavy atom. The Balaban J connectivity index is 1.60. The summed E-state index contributed by atoms with van der Waals surface area (Å²) in [6, 6.07) is 18.7. The van der Waals surface area contributed by atoms with Crippen molar-refractivity contribution in [3.8, 4) is 0 Å². The average Bonchev–Trinajstić information content (AvgIpc) is 3.30. The van der Waals surface area contributed by atoms with Gasteiger partial charge in [-0.2, -0.15) is 0 Å². The van der Waals surface area contributed by atoms with Gasteiger partial charge in [0.15, 0.2) is 5.76 Å². The number of hydrogen-bond acceptors (Lipinski definition) is 3. The summed E-state index contributed by atoms with van der Waals surface area (Å²) in [5, 5.41) is 3.20. The maximum absolute atomic E-state index is 13.2. The molecule has 0 bridgehead atoms. The van der Waals surface area contributed by atoms with Crippen molar-refractivity contribution in [2.45, 2.75) is 38.1 Å². The highest BCUT2D eigenvalue weighted by Gasteiger charge is 2.33. The molecule has 1 aliphatic carbocycles. The summed E-state index contributed by atoms with van der Waals surface area (Å²) >= 11 is 0. The van der Waals surface area contributed by atoms with Crippen LogP contribution in [0.4, 0.5) is 5.69 Å². The lowest BCUT2D eigenvalue weighted by Gasteiger charge is -2.37. The topological polar surface area (TPSA) is 62.6 Å². The van der Waals surface area contributed by atoms with Crippen molar-refractivity contribution >= 4 is 17.5 Å². The number of nitrogens with zero attached hydrogens (tertiary/aromatic N) is 1. The molecule has 3 aromatic rings. The van der Waals surface area contributed by atoms with E-state index in [0.29, 0.717) is 11.3 Å². The van der Waals surface area contributed by atoms with Crippen LogP contribution in [0, 0.1) is 0 Å². The van der Waals surface area contributed by atoms with E-state index in [9.17, 15) is 9.59 Å². The molecule has 30 heavy (non-hydrogen) atoms. The van der Waals surface area contributed by atoms with Crippen LogP contribution in [0.5, 0.6) is 0 Å². The molecule has 0 aliphatic heterocycles. The van der Waals surface area contributed by atoms with Crippen molar-refractivity contribution in [3.63, 3.8) is 0 Å². The van der Waals surface area contributed by atoms with E-state index >= 15 is 0 Å². The van der Waals surface area contributed by atoms with Gasteiger partial charge in [-0.25, -0.2) is 0 Å². The molecule has 0 fully saturated rings. The van der Waals surface area contributed by atoms with Gasteiger partial charge >= 0.3 is 0 Å². The van der Waals surface area contributed by atoms with Crippen molar-refractivity contribution < 1.29 is 14.0 Å². The lowest BCUT2D eigenvalue weighted by atomic mass is 9.71. The SMILES string of the molecule is CN(C(=O)c1ccco1)c1ccccc1C(=O)NC1CCC(C)(C)c2ccccc21. The monoisotopic (exact) mass is 402 g/mol. The first-order valence-electron chi connectivity index (χ1n) is 10.2. The van der Waals surface area contributed by atoms with E-state index in [4.69, 9.17) is 4.42 Å². The third kappa shape index (κ3) is 3.63. The number of nitrogens with one attached hydrogen (secondary N) is 1. The molecular weight excluding hydrogens is 376 g/mol. The van der Waals surface area contributed by atoms with E-state index < -0.39 is 0 Å². The Bertz CT molecular complexity index is 1070. The van der Waals surface area contributed by atoms with E-state index in [2.05, 4.69) is 37.4 Å². The first-order chi connectivity index (χ1) is 14.4. The molecule has 1 heterocycles. The van der Waals surface area contributed by atoms with Crippen LogP contribution >= 0.6 is 0 Å². The van der Waals surface area contributed by atoms with Gasteiger partial charge in [0.05, 0.1) is 23.6 Å². The molecule has 154 valence electrons. The zero-order valence-electron chi connectivity index (χ0n) is 17.5. The van der Waals surface area contributed by atoms with Crippen LogP contribution in [0.3, 0.4) is 0 Å². The van der Waals surface area contributed by atoms with Crippen LogP contribution < -0.4 is 10.2 Å². The van der Waals surface area contributed by atoms with E-state index in [-0.39, 0.29) is 29.0 Å². The van der Waals surface area contributed by atoms with Crippen LogP contribution in [0.2, 0.25) is 0 Å². The minimum absolute atomic E-state index is 0.0548. The van der Waals surface area contributed by atoms with E-state index in [1.54, 1.807) is 31.3 Å². The number of anilines is 1. The number of para-hydroxylation sites is 1. The van der Waals surface area contributed by atoms with E-state index in [0.717, 1.165) is 12.8 Å². The fourth-order valence-electron chi connectivity index (χ4n) is 4.23. The molecule has 1 atom stereocenters. The smallest absolute Gasteiger partial charge is 0.293 e. The zero-order valence-corrected chi connectivity index (χ0v) is 17.5. The summed E-state index contributed by atoms with van der Waals surface area (Å²) in [6.45, 7) is 4.49. The Morgan fingerprint density at radius 2 is 1.77 bits per heavy atom. The third-order valence-corrected chi connectivity index (χ3v) is 5.98. The number of fused-ring (bicyclic) bond motifs is 1. The van der Waals surface area contributed by atoms with Gasteiger partial charge in [0.25, 0.3) is 11.8 Å². The molecule has 1 aliphatic rings. The van der Waals surface area contributed by atoms with Crippen molar-refractivity contribution in [1.82, 2.24) is 5.32 Å². The molecule has 4 rings (SSSR count). The Hall–Kier alpha value is -3.34. The summed E-state index contributed by atoms with van der Waals surface area (Å²) in [7, 11) is 1.65. The number of hydrogen-bond donors (Lipinski definition) is 1. The van der Waals surface area contributed by atoms with Crippen molar-refractivity contribution in [2.75, 3.05) is 11.9 Å². The summed E-state index contributed by atoms with van der Waals surface area (Å²) in [4.78, 5) is 27.4. The minimum Gasteiger partial charge on any atom is -0.459 e. The predicted molar refractivity (Wildman–Crippen MR) is 117 cm³/mol. The predicted octanol–water partition coefficient (Wildman–Crippen LogP) is 5.10. The highest BCUT2D eigenvalue weighted by atomic mass is 16.3. The molecule has 2 amide bonds. The molecule has 0 spiro atoms. The Kier molecular flexibility index (Phi) is 5.20. The fraction of sp³-hybridized carbons (Fsp3) is 0.280. The molecule has 5 nitrogen and oxygen atoms in total. The van der Waals surface area contributed by atoms with Gasteiger partial charge in [0.1, 0.15) is 0 Å². The second-order valence-electron chi connectivity index (χ2n) is 8.39. The highest BCUT2D eigenvalue weighted by molar-refractivity contribution is 6.09. The summed E-state index contributed by atoms with van der Waals surface area (Å²) in [5.74, 6) is -0.259. The number of rotatable bonds is 4. The van der Waals surface area contributed by atoms with Crippen LogP contribution in [0.25, 0.3) is 0 Å². The van der Waals surface area contributed by atoms with Gasteiger partial charge in [-0.3, -0.25) is 9.59 Å². The molecule has 1 N–H and O–H groups in total.